The first-order chi connectivity index (χ1) is 20.1. The van der Waals surface area contributed by atoms with Crippen molar-refractivity contribution in [1.82, 2.24) is 9.66 Å². The molecule has 4 aromatic carbocycles. The van der Waals surface area contributed by atoms with Crippen molar-refractivity contribution in [1.29, 1.82) is 0 Å². The van der Waals surface area contributed by atoms with E-state index in [2.05, 4.69) is 15.7 Å². The number of aromatic nitrogens is 2. The smallest absolute Gasteiger partial charge is 0.270 e. The zero-order valence-electron chi connectivity index (χ0n) is 21.2. The van der Waals surface area contributed by atoms with Gasteiger partial charge in [0.05, 0.1) is 25.8 Å². The van der Waals surface area contributed by atoms with Crippen LogP contribution < -0.4 is 10.7 Å². The van der Waals surface area contributed by atoms with Crippen LogP contribution in [0.25, 0.3) is 22.4 Å². The average Bonchev–Trinajstić information content (AvgIpc) is 3.34. The van der Waals surface area contributed by atoms with Gasteiger partial charge in [0.2, 0.25) is 0 Å². The molecule has 2 amide bonds. The molecule has 0 aliphatic carbocycles. The van der Waals surface area contributed by atoms with Crippen molar-refractivity contribution in [3.05, 3.63) is 132 Å². The lowest BCUT2D eigenvalue weighted by molar-refractivity contribution is -0.385. The van der Waals surface area contributed by atoms with Crippen LogP contribution in [0.15, 0.2) is 91.0 Å². The molecule has 0 aliphatic rings. The van der Waals surface area contributed by atoms with Crippen molar-refractivity contribution in [2.45, 2.75) is 0 Å². The fourth-order valence-electron chi connectivity index (χ4n) is 4.04. The van der Waals surface area contributed by atoms with Crippen LogP contribution in [0, 0.1) is 30.3 Å². The van der Waals surface area contributed by atoms with E-state index in [1.807, 2.05) is 0 Å². The van der Waals surface area contributed by atoms with Gasteiger partial charge in [0.25, 0.3) is 28.9 Å². The minimum Gasteiger partial charge on any atom is -0.322 e. The summed E-state index contributed by atoms with van der Waals surface area (Å²) in [5, 5.41) is 35.7. The topological polar surface area (TPSA) is 205 Å². The summed E-state index contributed by atoms with van der Waals surface area (Å²) in [7, 11) is 0. The number of amides is 2. The van der Waals surface area contributed by atoms with E-state index in [0.29, 0.717) is 22.3 Å². The Morgan fingerprint density at radius 1 is 0.643 bits per heavy atom. The Morgan fingerprint density at radius 2 is 1.12 bits per heavy atom. The zero-order chi connectivity index (χ0) is 30.0. The van der Waals surface area contributed by atoms with Crippen molar-refractivity contribution >= 4 is 45.6 Å². The highest BCUT2D eigenvalue weighted by molar-refractivity contribution is 6.05. The summed E-state index contributed by atoms with van der Waals surface area (Å²) >= 11 is 0. The molecular formula is C27H17N7O8. The monoisotopic (exact) mass is 567 g/mol. The maximum absolute atomic E-state index is 13.1. The number of nitrogens with one attached hydrogen (secondary N) is 2. The van der Waals surface area contributed by atoms with Crippen molar-refractivity contribution in [3.63, 3.8) is 0 Å². The average molecular weight is 567 g/mol. The summed E-state index contributed by atoms with van der Waals surface area (Å²) in [6.45, 7) is 0. The molecule has 15 heteroatoms. The Labute approximate surface area is 234 Å². The molecule has 1 aromatic heterocycles. The van der Waals surface area contributed by atoms with Gasteiger partial charge in [-0.1, -0.05) is 0 Å². The predicted octanol–water partition coefficient (Wildman–Crippen LogP) is 5.06. The van der Waals surface area contributed by atoms with E-state index in [0.717, 1.165) is 0 Å². The first kappa shape index (κ1) is 27.1. The molecule has 0 saturated heterocycles. The Kier molecular flexibility index (Phi) is 7.05. The molecule has 5 aromatic rings. The Bertz CT molecular complexity index is 1880. The summed E-state index contributed by atoms with van der Waals surface area (Å²) in [6, 6.07) is 20.2. The molecule has 15 nitrogen and oxygen atoms in total. The minimum absolute atomic E-state index is 0.129. The van der Waals surface area contributed by atoms with Gasteiger partial charge in [-0.3, -0.25) is 45.4 Å². The number of carbonyl (C=O) groups is 2. The number of carbonyl (C=O) groups excluding carboxylic acids is 2. The summed E-state index contributed by atoms with van der Waals surface area (Å²) in [4.78, 5) is 61.6. The maximum Gasteiger partial charge on any atom is 0.270 e. The fourth-order valence-corrected chi connectivity index (χ4v) is 4.04. The van der Waals surface area contributed by atoms with E-state index in [4.69, 9.17) is 0 Å². The molecule has 0 aliphatic heterocycles. The summed E-state index contributed by atoms with van der Waals surface area (Å²) in [5.74, 6) is -0.914. The summed E-state index contributed by atoms with van der Waals surface area (Å²) in [6.07, 6.45) is 0. The first-order valence-corrected chi connectivity index (χ1v) is 12.0. The molecule has 0 fully saturated rings. The van der Waals surface area contributed by atoms with E-state index in [-0.39, 0.29) is 34.0 Å². The fraction of sp³-hybridized carbons (Fsp3) is 0. The van der Waals surface area contributed by atoms with E-state index in [1.54, 1.807) is 18.2 Å². The normalized spacial score (nSPS) is 10.7. The van der Waals surface area contributed by atoms with Crippen LogP contribution in [0.3, 0.4) is 0 Å². The molecule has 5 rings (SSSR count). The van der Waals surface area contributed by atoms with Crippen LogP contribution in [0.4, 0.5) is 22.7 Å². The molecule has 2 N–H and O–H groups in total. The van der Waals surface area contributed by atoms with Gasteiger partial charge >= 0.3 is 0 Å². The van der Waals surface area contributed by atoms with E-state index in [1.165, 1.54) is 77.5 Å². The van der Waals surface area contributed by atoms with E-state index in [9.17, 15) is 39.9 Å². The lowest BCUT2D eigenvalue weighted by atomic mass is 10.2. The lowest BCUT2D eigenvalue weighted by Crippen LogP contribution is -2.23. The summed E-state index contributed by atoms with van der Waals surface area (Å²) in [5.41, 5.74) is 4.05. The van der Waals surface area contributed by atoms with Crippen LogP contribution in [0.1, 0.15) is 20.7 Å². The van der Waals surface area contributed by atoms with Crippen molar-refractivity contribution in [2.75, 3.05) is 10.7 Å². The zero-order valence-corrected chi connectivity index (χ0v) is 21.2. The number of imidazole rings is 1. The van der Waals surface area contributed by atoms with Gasteiger partial charge in [-0.2, -0.15) is 0 Å². The Balaban J connectivity index is 1.50. The molecule has 42 heavy (non-hydrogen) atoms. The number of nitro benzene ring substituents is 3. The van der Waals surface area contributed by atoms with E-state index < -0.39 is 26.6 Å². The second-order valence-electron chi connectivity index (χ2n) is 8.78. The molecule has 0 bridgehead atoms. The summed E-state index contributed by atoms with van der Waals surface area (Å²) < 4.78 is 1.36. The molecule has 0 unspecified atom stereocenters. The largest absolute Gasteiger partial charge is 0.322 e. The Morgan fingerprint density at radius 3 is 1.62 bits per heavy atom. The number of anilines is 1. The van der Waals surface area contributed by atoms with Crippen LogP contribution in [-0.4, -0.2) is 36.2 Å². The highest BCUT2D eigenvalue weighted by Crippen LogP contribution is 2.28. The number of benzene rings is 4. The maximum atomic E-state index is 13.1. The number of hydrogen-bond acceptors (Lipinski definition) is 9. The molecule has 0 atom stereocenters. The highest BCUT2D eigenvalue weighted by atomic mass is 16.6. The highest BCUT2D eigenvalue weighted by Gasteiger charge is 2.19. The SMILES string of the molecule is O=C(Nc1ccc2c(c1)nc(-c1ccc([N+](=O)[O-])cc1)n2NC(=O)c1ccc([N+](=O)[O-])cc1)c1ccc([N+](=O)[O-])cc1. The first-order valence-electron chi connectivity index (χ1n) is 12.0. The van der Waals surface area contributed by atoms with Gasteiger partial charge < -0.3 is 5.32 Å². The third-order valence-corrected chi connectivity index (χ3v) is 6.14. The van der Waals surface area contributed by atoms with Gasteiger partial charge in [0, 0.05) is 58.8 Å². The van der Waals surface area contributed by atoms with Crippen molar-refractivity contribution in [2.24, 2.45) is 0 Å². The number of non-ortho nitro benzene ring substituents is 3. The second kappa shape index (κ2) is 10.9. The minimum atomic E-state index is -0.608. The standard InChI is InChI=1S/C27H17N7O8/c35-26(17-3-10-21(11-4-17)33(39)40)28-19-7-14-24-23(15-19)29-25(16-1-8-20(9-2-16)32(37)38)31(24)30-27(36)18-5-12-22(13-6-18)34(41)42/h1-15H,(H,28,35)(H,30,36). The molecular weight excluding hydrogens is 550 g/mol. The van der Waals surface area contributed by atoms with Crippen molar-refractivity contribution in [3.8, 4) is 11.4 Å². The molecule has 0 spiro atoms. The number of nitrogens with zero attached hydrogens (tertiary/aromatic N) is 5. The Hall–Kier alpha value is -6.51. The molecule has 0 radical (unpaired) electrons. The van der Waals surface area contributed by atoms with Gasteiger partial charge in [-0.05, 0) is 54.6 Å². The van der Waals surface area contributed by atoms with Gasteiger partial charge in [0.1, 0.15) is 0 Å². The van der Waals surface area contributed by atoms with Crippen LogP contribution in [0.5, 0.6) is 0 Å². The third-order valence-electron chi connectivity index (χ3n) is 6.14. The van der Waals surface area contributed by atoms with Crippen LogP contribution in [0.2, 0.25) is 0 Å². The third kappa shape index (κ3) is 5.46. The molecule has 0 saturated carbocycles. The predicted molar refractivity (Wildman–Crippen MR) is 150 cm³/mol. The molecule has 1 heterocycles. The molecule has 208 valence electrons. The number of hydrogen-bond donors (Lipinski definition) is 2. The van der Waals surface area contributed by atoms with Crippen molar-refractivity contribution < 1.29 is 24.4 Å². The number of rotatable bonds is 8. The van der Waals surface area contributed by atoms with Crippen LogP contribution >= 0.6 is 0 Å². The lowest BCUT2D eigenvalue weighted by Gasteiger charge is -2.11. The number of nitro groups is 3. The van der Waals surface area contributed by atoms with Gasteiger partial charge in [-0.15, -0.1) is 0 Å². The quantitative estimate of drug-likeness (QED) is 0.189. The van der Waals surface area contributed by atoms with E-state index >= 15 is 0 Å². The second-order valence-corrected chi connectivity index (χ2v) is 8.78. The van der Waals surface area contributed by atoms with Gasteiger partial charge in [0.15, 0.2) is 5.82 Å². The number of fused-ring (bicyclic) bond motifs is 1. The van der Waals surface area contributed by atoms with Crippen LogP contribution in [-0.2, 0) is 0 Å². The van der Waals surface area contributed by atoms with Gasteiger partial charge in [-0.25, -0.2) is 9.66 Å².